The minimum atomic E-state index is 0.627. The molecule has 1 unspecified atom stereocenters. The lowest BCUT2D eigenvalue weighted by atomic mass is 9.96. The van der Waals surface area contributed by atoms with Crippen molar-refractivity contribution in [3.05, 3.63) is 34.3 Å². The molecule has 21 heavy (non-hydrogen) atoms. The van der Waals surface area contributed by atoms with Crippen LogP contribution in [0.15, 0.2) is 28.7 Å². The Morgan fingerprint density at radius 2 is 1.86 bits per heavy atom. The molecule has 2 nitrogen and oxygen atoms in total. The van der Waals surface area contributed by atoms with Crippen LogP contribution in [0.2, 0.25) is 0 Å². The maximum Gasteiger partial charge on any atom is 0.0469 e. The summed E-state index contributed by atoms with van der Waals surface area (Å²) in [6.45, 7) is 10.5. The second-order valence-electron chi connectivity index (χ2n) is 6.05. The van der Waals surface area contributed by atoms with E-state index >= 15 is 0 Å². The number of nitrogens with one attached hydrogen (secondary N) is 1. The molecule has 1 aromatic carbocycles. The van der Waals surface area contributed by atoms with Gasteiger partial charge in [-0.1, -0.05) is 54.9 Å². The van der Waals surface area contributed by atoms with Gasteiger partial charge in [0.1, 0.15) is 0 Å². The fraction of sp³-hybridized carbons (Fsp3) is 0.667. The normalized spacial score (nSPS) is 12.8. The third kappa shape index (κ3) is 8.60. The molecule has 0 radical (unpaired) electrons. The standard InChI is InChI=1S/C18H30BrNO/c1-4-20-14-16(10-12-21-11-9-15(2)3)13-17-7-5-6-8-18(17)19/h5-8,15-16,20H,4,9-14H2,1-3H3. The van der Waals surface area contributed by atoms with Crippen LogP contribution in [-0.4, -0.2) is 26.3 Å². The van der Waals surface area contributed by atoms with Crippen LogP contribution in [0.25, 0.3) is 0 Å². The topological polar surface area (TPSA) is 21.3 Å². The lowest BCUT2D eigenvalue weighted by Gasteiger charge is -2.18. The van der Waals surface area contributed by atoms with Crippen LogP contribution in [0, 0.1) is 11.8 Å². The number of hydrogen-bond acceptors (Lipinski definition) is 2. The molecule has 1 atom stereocenters. The van der Waals surface area contributed by atoms with Crippen molar-refractivity contribution in [3.63, 3.8) is 0 Å². The predicted molar refractivity (Wildman–Crippen MR) is 94.8 cm³/mol. The zero-order chi connectivity index (χ0) is 15.5. The van der Waals surface area contributed by atoms with E-state index in [9.17, 15) is 0 Å². The molecule has 0 heterocycles. The third-order valence-electron chi connectivity index (χ3n) is 3.66. The minimum Gasteiger partial charge on any atom is -0.381 e. The molecular formula is C18H30BrNO. The Bertz CT molecular complexity index is 381. The van der Waals surface area contributed by atoms with E-state index in [1.807, 2.05) is 0 Å². The second-order valence-corrected chi connectivity index (χ2v) is 6.91. The van der Waals surface area contributed by atoms with Gasteiger partial charge in [-0.05, 0) is 55.8 Å². The van der Waals surface area contributed by atoms with Crippen molar-refractivity contribution in [2.75, 3.05) is 26.3 Å². The van der Waals surface area contributed by atoms with Crippen LogP contribution in [0.3, 0.4) is 0 Å². The molecule has 0 bridgehead atoms. The van der Waals surface area contributed by atoms with Gasteiger partial charge in [-0.2, -0.15) is 0 Å². The lowest BCUT2D eigenvalue weighted by Crippen LogP contribution is -2.25. The number of benzene rings is 1. The smallest absolute Gasteiger partial charge is 0.0469 e. The average Bonchev–Trinajstić information content (AvgIpc) is 2.46. The van der Waals surface area contributed by atoms with Crippen molar-refractivity contribution in [1.29, 1.82) is 0 Å². The minimum absolute atomic E-state index is 0.627. The van der Waals surface area contributed by atoms with E-state index in [2.05, 4.69) is 66.3 Å². The molecule has 0 aliphatic rings. The predicted octanol–water partition coefficient (Wildman–Crippen LogP) is 4.67. The molecule has 3 heteroatoms. The zero-order valence-electron chi connectivity index (χ0n) is 13.7. The van der Waals surface area contributed by atoms with Crippen LogP contribution in [-0.2, 0) is 11.2 Å². The highest BCUT2D eigenvalue weighted by Crippen LogP contribution is 2.21. The van der Waals surface area contributed by atoms with Crippen molar-refractivity contribution >= 4 is 15.9 Å². The molecule has 0 aliphatic carbocycles. The number of halogens is 1. The van der Waals surface area contributed by atoms with Gasteiger partial charge in [-0.25, -0.2) is 0 Å². The summed E-state index contributed by atoms with van der Waals surface area (Å²) in [5, 5.41) is 3.48. The van der Waals surface area contributed by atoms with Gasteiger partial charge >= 0.3 is 0 Å². The second kappa shape index (κ2) is 11.2. The summed E-state index contributed by atoms with van der Waals surface area (Å²) in [5.41, 5.74) is 1.39. The molecule has 0 spiro atoms. The van der Waals surface area contributed by atoms with Crippen molar-refractivity contribution in [1.82, 2.24) is 5.32 Å². The monoisotopic (exact) mass is 355 g/mol. The zero-order valence-corrected chi connectivity index (χ0v) is 15.3. The molecule has 1 aromatic rings. The Morgan fingerprint density at radius 1 is 1.14 bits per heavy atom. The summed E-state index contributed by atoms with van der Waals surface area (Å²) >= 11 is 3.65. The SMILES string of the molecule is CCNCC(CCOCCC(C)C)Cc1ccccc1Br. The van der Waals surface area contributed by atoms with Crippen molar-refractivity contribution in [2.45, 2.75) is 40.0 Å². The van der Waals surface area contributed by atoms with E-state index in [4.69, 9.17) is 4.74 Å². The molecule has 0 saturated heterocycles. The molecule has 1 rings (SSSR count). The van der Waals surface area contributed by atoms with E-state index in [1.54, 1.807) is 0 Å². The van der Waals surface area contributed by atoms with Gasteiger partial charge in [0.25, 0.3) is 0 Å². The quantitative estimate of drug-likeness (QED) is 0.582. The maximum absolute atomic E-state index is 5.78. The molecule has 0 aromatic heterocycles. The van der Waals surface area contributed by atoms with Gasteiger partial charge in [-0.15, -0.1) is 0 Å². The summed E-state index contributed by atoms with van der Waals surface area (Å²) in [6, 6.07) is 8.52. The van der Waals surface area contributed by atoms with Gasteiger partial charge in [-0.3, -0.25) is 0 Å². The molecule has 0 amide bonds. The van der Waals surface area contributed by atoms with Crippen molar-refractivity contribution in [3.8, 4) is 0 Å². The fourth-order valence-electron chi connectivity index (χ4n) is 2.27. The largest absolute Gasteiger partial charge is 0.381 e. The number of ether oxygens (including phenoxy) is 1. The maximum atomic E-state index is 5.78. The molecule has 0 aliphatic heterocycles. The molecule has 0 saturated carbocycles. The van der Waals surface area contributed by atoms with Gasteiger partial charge in [0.15, 0.2) is 0 Å². The first-order chi connectivity index (χ1) is 10.1. The molecular weight excluding hydrogens is 326 g/mol. The molecule has 120 valence electrons. The summed E-state index contributed by atoms with van der Waals surface area (Å²) < 4.78 is 7.00. The van der Waals surface area contributed by atoms with E-state index in [-0.39, 0.29) is 0 Å². The summed E-state index contributed by atoms with van der Waals surface area (Å²) in [4.78, 5) is 0. The number of hydrogen-bond donors (Lipinski definition) is 1. The molecule has 0 fully saturated rings. The third-order valence-corrected chi connectivity index (χ3v) is 4.43. The first kappa shape index (κ1) is 18.7. The summed E-state index contributed by atoms with van der Waals surface area (Å²) in [5.74, 6) is 1.35. The highest BCUT2D eigenvalue weighted by Gasteiger charge is 2.11. The first-order valence-electron chi connectivity index (χ1n) is 8.15. The Balaban J connectivity index is 2.38. The Kier molecular flexibility index (Phi) is 9.98. The van der Waals surface area contributed by atoms with Crippen LogP contribution in [0.4, 0.5) is 0 Å². The Morgan fingerprint density at radius 3 is 2.52 bits per heavy atom. The van der Waals surface area contributed by atoms with Gasteiger partial charge in [0.2, 0.25) is 0 Å². The van der Waals surface area contributed by atoms with E-state index < -0.39 is 0 Å². The first-order valence-corrected chi connectivity index (χ1v) is 8.94. The average molecular weight is 356 g/mol. The van der Waals surface area contributed by atoms with Crippen LogP contribution in [0.5, 0.6) is 0 Å². The van der Waals surface area contributed by atoms with E-state index in [0.717, 1.165) is 51.5 Å². The van der Waals surface area contributed by atoms with E-state index in [1.165, 1.54) is 10.0 Å². The van der Waals surface area contributed by atoms with Gasteiger partial charge < -0.3 is 10.1 Å². The Hall–Kier alpha value is -0.380. The summed E-state index contributed by atoms with van der Waals surface area (Å²) in [7, 11) is 0. The lowest BCUT2D eigenvalue weighted by molar-refractivity contribution is 0.110. The number of rotatable bonds is 11. The highest BCUT2D eigenvalue weighted by atomic mass is 79.9. The molecule has 1 N–H and O–H groups in total. The summed E-state index contributed by atoms with van der Waals surface area (Å²) in [6.07, 6.45) is 3.37. The van der Waals surface area contributed by atoms with Crippen molar-refractivity contribution in [2.24, 2.45) is 11.8 Å². The van der Waals surface area contributed by atoms with E-state index in [0.29, 0.717) is 5.92 Å². The van der Waals surface area contributed by atoms with Crippen LogP contribution >= 0.6 is 15.9 Å². The van der Waals surface area contributed by atoms with Crippen LogP contribution < -0.4 is 5.32 Å². The van der Waals surface area contributed by atoms with Gasteiger partial charge in [0.05, 0.1) is 0 Å². The van der Waals surface area contributed by atoms with Crippen molar-refractivity contribution < 1.29 is 4.74 Å². The Labute approximate surface area is 138 Å². The fourth-order valence-corrected chi connectivity index (χ4v) is 2.72. The van der Waals surface area contributed by atoms with Gasteiger partial charge in [0, 0.05) is 17.7 Å². The van der Waals surface area contributed by atoms with Crippen LogP contribution in [0.1, 0.15) is 39.2 Å². The highest BCUT2D eigenvalue weighted by molar-refractivity contribution is 9.10.